The first-order valence-corrected chi connectivity index (χ1v) is 10.2. The molecule has 1 atom stereocenters. The zero-order chi connectivity index (χ0) is 18.9. The Kier molecular flexibility index (Phi) is 4.56. The monoisotopic (exact) mass is 375 g/mol. The molecule has 0 unspecified atom stereocenters. The number of likely N-dealkylation sites (tertiary alicyclic amines) is 1. The molecule has 1 aliphatic heterocycles. The molecule has 1 saturated carbocycles. The molecule has 0 bridgehead atoms. The van der Waals surface area contributed by atoms with Crippen molar-refractivity contribution in [2.75, 3.05) is 13.1 Å². The van der Waals surface area contributed by atoms with Crippen LogP contribution in [0.25, 0.3) is 5.52 Å². The number of fused-ring (bicyclic) bond motifs is 1. The first-order chi connectivity index (χ1) is 13.8. The van der Waals surface area contributed by atoms with Gasteiger partial charge in [0.2, 0.25) is 0 Å². The van der Waals surface area contributed by atoms with E-state index in [9.17, 15) is 4.79 Å². The minimum Gasteiger partial charge on any atom is -0.350 e. The van der Waals surface area contributed by atoms with Gasteiger partial charge in [0.05, 0.1) is 17.3 Å². The SMILES string of the molecule is O=C(NCC1CC1)c1nc([C@@H]2CCCN2Cc2ccccn2)n2ccccc12. The van der Waals surface area contributed by atoms with Crippen LogP contribution in [0.1, 0.15) is 53.7 Å². The number of pyridine rings is 2. The number of hydrogen-bond donors (Lipinski definition) is 1. The van der Waals surface area contributed by atoms with Crippen LogP contribution in [0.4, 0.5) is 0 Å². The zero-order valence-corrected chi connectivity index (χ0v) is 15.9. The van der Waals surface area contributed by atoms with Crippen LogP contribution in [0.5, 0.6) is 0 Å². The summed E-state index contributed by atoms with van der Waals surface area (Å²) in [4.78, 5) is 24.5. The van der Waals surface area contributed by atoms with E-state index in [0.717, 1.165) is 49.5 Å². The summed E-state index contributed by atoms with van der Waals surface area (Å²) >= 11 is 0. The van der Waals surface area contributed by atoms with Crippen LogP contribution in [0.3, 0.4) is 0 Å². The number of carbonyl (C=O) groups excluding carboxylic acids is 1. The molecule has 1 amide bonds. The van der Waals surface area contributed by atoms with Gasteiger partial charge in [-0.2, -0.15) is 0 Å². The lowest BCUT2D eigenvalue weighted by Crippen LogP contribution is -2.26. The first kappa shape index (κ1) is 17.4. The summed E-state index contributed by atoms with van der Waals surface area (Å²) in [6.45, 7) is 2.58. The number of rotatable bonds is 6. The quantitative estimate of drug-likeness (QED) is 0.719. The minimum atomic E-state index is -0.0591. The molecule has 6 nitrogen and oxygen atoms in total. The average Bonchev–Trinajstić information content (AvgIpc) is 3.33. The fraction of sp³-hybridized carbons (Fsp3) is 0.409. The van der Waals surface area contributed by atoms with Crippen LogP contribution in [0, 0.1) is 5.92 Å². The molecular weight excluding hydrogens is 350 g/mol. The molecule has 2 aliphatic rings. The second-order valence-corrected chi connectivity index (χ2v) is 7.88. The van der Waals surface area contributed by atoms with Gasteiger partial charge >= 0.3 is 0 Å². The van der Waals surface area contributed by atoms with Crippen LogP contribution >= 0.6 is 0 Å². The van der Waals surface area contributed by atoms with Crippen molar-refractivity contribution in [3.8, 4) is 0 Å². The zero-order valence-electron chi connectivity index (χ0n) is 15.9. The van der Waals surface area contributed by atoms with E-state index in [1.165, 1.54) is 12.8 Å². The summed E-state index contributed by atoms with van der Waals surface area (Å²) in [5, 5.41) is 3.07. The molecule has 0 radical (unpaired) electrons. The molecule has 1 saturated heterocycles. The van der Waals surface area contributed by atoms with Gasteiger partial charge in [-0.05, 0) is 62.4 Å². The predicted molar refractivity (Wildman–Crippen MR) is 107 cm³/mol. The van der Waals surface area contributed by atoms with E-state index < -0.39 is 0 Å². The highest BCUT2D eigenvalue weighted by molar-refractivity contribution is 5.99. The van der Waals surface area contributed by atoms with E-state index in [2.05, 4.69) is 25.7 Å². The maximum Gasteiger partial charge on any atom is 0.272 e. The fourth-order valence-electron chi connectivity index (χ4n) is 4.11. The molecule has 3 aromatic heterocycles. The summed E-state index contributed by atoms with van der Waals surface area (Å²) in [5.74, 6) is 1.55. The molecule has 6 heteroatoms. The summed E-state index contributed by atoms with van der Waals surface area (Å²) in [6, 6.07) is 12.2. The number of carbonyl (C=O) groups is 1. The van der Waals surface area contributed by atoms with E-state index in [4.69, 9.17) is 4.98 Å². The average molecular weight is 375 g/mol. The van der Waals surface area contributed by atoms with Crippen LogP contribution in [-0.2, 0) is 6.54 Å². The van der Waals surface area contributed by atoms with Gasteiger partial charge in [0, 0.05) is 25.5 Å². The fourth-order valence-corrected chi connectivity index (χ4v) is 4.11. The standard InChI is InChI=1S/C22H25N5O/c28-22(24-14-16-9-10-16)20-18-7-2-4-13-27(18)21(25-20)19-8-5-12-26(19)15-17-6-1-3-11-23-17/h1-4,6-7,11,13,16,19H,5,8-10,12,14-15H2,(H,24,28)/t19-/m0/s1. The molecule has 4 heterocycles. The Bertz CT molecular complexity index is 979. The molecular formula is C22H25N5O. The molecule has 28 heavy (non-hydrogen) atoms. The van der Waals surface area contributed by atoms with Crippen LogP contribution in [-0.4, -0.2) is 38.3 Å². The van der Waals surface area contributed by atoms with Gasteiger partial charge in [-0.25, -0.2) is 4.98 Å². The van der Waals surface area contributed by atoms with Gasteiger partial charge < -0.3 is 9.72 Å². The molecule has 0 spiro atoms. The smallest absolute Gasteiger partial charge is 0.272 e. The van der Waals surface area contributed by atoms with E-state index in [-0.39, 0.29) is 11.9 Å². The van der Waals surface area contributed by atoms with E-state index in [1.807, 2.05) is 42.7 Å². The van der Waals surface area contributed by atoms with Crippen LogP contribution < -0.4 is 5.32 Å². The molecule has 0 aromatic carbocycles. The summed E-state index contributed by atoms with van der Waals surface area (Å²) in [5.41, 5.74) is 2.49. The molecule has 1 N–H and O–H groups in total. The van der Waals surface area contributed by atoms with E-state index in [1.54, 1.807) is 0 Å². The Morgan fingerprint density at radius 1 is 1.14 bits per heavy atom. The van der Waals surface area contributed by atoms with E-state index in [0.29, 0.717) is 11.6 Å². The van der Waals surface area contributed by atoms with Gasteiger partial charge in [-0.15, -0.1) is 0 Å². The number of nitrogens with one attached hydrogen (secondary N) is 1. The number of nitrogens with zero attached hydrogens (tertiary/aromatic N) is 4. The van der Waals surface area contributed by atoms with Gasteiger partial charge in [0.1, 0.15) is 5.82 Å². The van der Waals surface area contributed by atoms with Crippen molar-refractivity contribution in [1.29, 1.82) is 0 Å². The molecule has 3 aromatic rings. The largest absolute Gasteiger partial charge is 0.350 e. The lowest BCUT2D eigenvalue weighted by Gasteiger charge is -2.23. The van der Waals surface area contributed by atoms with Crippen molar-refractivity contribution in [3.05, 3.63) is 66.0 Å². The summed E-state index contributed by atoms with van der Waals surface area (Å²) < 4.78 is 2.09. The molecule has 144 valence electrons. The minimum absolute atomic E-state index is 0.0591. The van der Waals surface area contributed by atoms with Crippen molar-refractivity contribution in [1.82, 2.24) is 24.6 Å². The Balaban J connectivity index is 1.45. The lowest BCUT2D eigenvalue weighted by atomic mass is 10.2. The third-order valence-corrected chi connectivity index (χ3v) is 5.79. The van der Waals surface area contributed by atoms with Crippen molar-refractivity contribution in [2.45, 2.75) is 38.3 Å². The van der Waals surface area contributed by atoms with Gasteiger partial charge in [0.15, 0.2) is 5.69 Å². The number of amides is 1. The van der Waals surface area contributed by atoms with Crippen molar-refractivity contribution in [2.24, 2.45) is 5.92 Å². The third kappa shape index (κ3) is 3.40. The Labute approximate surface area is 164 Å². The lowest BCUT2D eigenvalue weighted by molar-refractivity contribution is 0.0948. The Hall–Kier alpha value is -2.73. The van der Waals surface area contributed by atoms with Gasteiger partial charge in [0.25, 0.3) is 5.91 Å². The van der Waals surface area contributed by atoms with Crippen molar-refractivity contribution >= 4 is 11.4 Å². The molecule has 2 fully saturated rings. The molecule has 5 rings (SSSR count). The Morgan fingerprint density at radius 2 is 2.04 bits per heavy atom. The van der Waals surface area contributed by atoms with Gasteiger partial charge in [-0.1, -0.05) is 12.1 Å². The van der Waals surface area contributed by atoms with Crippen molar-refractivity contribution < 1.29 is 4.79 Å². The van der Waals surface area contributed by atoms with Crippen LogP contribution in [0.2, 0.25) is 0 Å². The first-order valence-electron chi connectivity index (χ1n) is 10.2. The number of imidazole rings is 1. The third-order valence-electron chi connectivity index (χ3n) is 5.79. The highest BCUT2D eigenvalue weighted by Gasteiger charge is 2.31. The normalized spacial score (nSPS) is 19.9. The maximum atomic E-state index is 12.8. The summed E-state index contributed by atoms with van der Waals surface area (Å²) in [7, 11) is 0. The summed E-state index contributed by atoms with van der Waals surface area (Å²) in [6.07, 6.45) is 8.48. The maximum absolute atomic E-state index is 12.8. The van der Waals surface area contributed by atoms with Gasteiger partial charge in [-0.3, -0.25) is 14.7 Å². The second kappa shape index (κ2) is 7.36. The van der Waals surface area contributed by atoms with Crippen molar-refractivity contribution in [3.63, 3.8) is 0 Å². The Morgan fingerprint density at radius 3 is 2.86 bits per heavy atom. The molecule has 1 aliphatic carbocycles. The van der Waals surface area contributed by atoms with Crippen LogP contribution in [0.15, 0.2) is 48.8 Å². The number of aromatic nitrogens is 3. The second-order valence-electron chi connectivity index (χ2n) is 7.88. The highest BCUT2D eigenvalue weighted by atomic mass is 16.1. The van der Waals surface area contributed by atoms with E-state index >= 15 is 0 Å². The topological polar surface area (TPSA) is 62.5 Å². The number of hydrogen-bond acceptors (Lipinski definition) is 4. The highest BCUT2D eigenvalue weighted by Crippen LogP contribution is 2.33. The predicted octanol–water partition coefficient (Wildman–Crippen LogP) is 3.21.